The van der Waals surface area contributed by atoms with Gasteiger partial charge in [-0.1, -0.05) is 41.4 Å². The zero-order chi connectivity index (χ0) is 24.2. The molecular weight excluding hydrogens is 482 g/mol. The van der Waals surface area contributed by atoms with Gasteiger partial charge in [0.1, 0.15) is 12.9 Å². The summed E-state index contributed by atoms with van der Waals surface area (Å²) in [5, 5.41) is 0.330. The van der Waals surface area contributed by atoms with Gasteiger partial charge >= 0.3 is 6.18 Å². The van der Waals surface area contributed by atoms with Gasteiger partial charge in [0, 0.05) is 23.5 Å². The second kappa shape index (κ2) is 10.3. The van der Waals surface area contributed by atoms with Gasteiger partial charge in [0.15, 0.2) is 11.5 Å². The molecule has 0 aliphatic rings. The summed E-state index contributed by atoms with van der Waals surface area (Å²) in [6.07, 6.45) is -1.16. The number of aldehydes is 1. The van der Waals surface area contributed by atoms with Gasteiger partial charge in [-0.05, 0) is 23.8 Å². The Hall–Kier alpha value is -2.97. The van der Waals surface area contributed by atoms with Gasteiger partial charge in [0.05, 0.1) is 35.7 Å². The molecule has 0 saturated carbocycles. The normalized spacial score (nSPS) is 12.2. The Bertz CT molecular complexity index is 1130. The molecule has 0 spiro atoms. The van der Waals surface area contributed by atoms with Crippen LogP contribution in [0.2, 0.25) is 10.0 Å². The van der Waals surface area contributed by atoms with Gasteiger partial charge in [-0.3, -0.25) is 4.98 Å². The minimum Gasteiger partial charge on any atom is -0.493 e. The first-order valence-corrected chi connectivity index (χ1v) is 10.2. The number of halogens is 5. The fraction of sp³-hybridized carbons (Fsp3) is 0.217. The van der Waals surface area contributed by atoms with E-state index in [0.29, 0.717) is 23.2 Å². The van der Waals surface area contributed by atoms with Crippen molar-refractivity contribution in [1.82, 2.24) is 4.98 Å². The number of nitrogens with zero attached hydrogens (tertiary/aromatic N) is 1. The first-order valence-electron chi connectivity index (χ1n) is 9.49. The molecule has 0 aliphatic carbocycles. The monoisotopic (exact) mass is 499 g/mol. The first-order chi connectivity index (χ1) is 15.7. The van der Waals surface area contributed by atoms with Crippen LogP contribution in [0.4, 0.5) is 13.2 Å². The number of benzene rings is 2. The fourth-order valence-electron chi connectivity index (χ4n) is 3.32. The summed E-state index contributed by atoms with van der Waals surface area (Å²) < 4.78 is 55.9. The van der Waals surface area contributed by atoms with E-state index in [1.54, 1.807) is 12.1 Å². The molecule has 5 nitrogen and oxygen atoms in total. The van der Waals surface area contributed by atoms with E-state index in [1.165, 1.54) is 38.7 Å². The second-order valence-corrected chi connectivity index (χ2v) is 7.65. The lowest BCUT2D eigenvalue weighted by Crippen LogP contribution is -2.10. The highest BCUT2D eigenvalue weighted by atomic mass is 35.5. The molecular formula is C23H18Cl2F3NO4. The molecule has 1 atom stereocenters. The molecule has 0 amide bonds. The molecule has 0 aliphatic heterocycles. The third-order valence-electron chi connectivity index (χ3n) is 4.84. The molecule has 10 heteroatoms. The van der Waals surface area contributed by atoms with E-state index in [9.17, 15) is 18.0 Å². The largest absolute Gasteiger partial charge is 0.493 e. The summed E-state index contributed by atoms with van der Waals surface area (Å²) in [6, 6.07) is 7.89. The number of hydrogen-bond acceptors (Lipinski definition) is 5. The predicted molar refractivity (Wildman–Crippen MR) is 117 cm³/mol. The smallest absolute Gasteiger partial charge is 0.416 e. The van der Waals surface area contributed by atoms with Gasteiger partial charge in [-0.25, -0.2) is 0 Å². The Morgan fingerprint density at radius 2 is 1.73 bits per heavy atom. The standard InChI is InChI=1S/C23H18Cl2F3NO4/c1-31-19-7-6-15(16(11-30)20-17(24)9-29-10-18(20)25)21(22(19)32-2)33-12-13-4-3-5-14(8-13)23(26,27)28/h3-11,16H,12H2,1-2H3. The van der Waals surface area contributed by atoms with E-state index >= 15 is 0 Å². The van der Waals surface area contributed by atoms with Crippen molar-refractivity contribution in [3.8, 4) is 17.2 Å². The number of carbonyl (C=O) groups is 1. The molecule has 1 heterocycles. The van der Waals surface area contributed by atoms with E-state index in [2.05, 4.69) is 4.98 Å². The highest BCUT2D eigenvalue weighted by molar-refractivity contribution is 6.36. The maximum atomic E-state index is 13.1. The summed E-state index contributed by atoms with van der Waals surface area (Å²) in [4.78, 5) is 16.1. The summed E-state index contributed by atoms with van der Waals surface area (Å²) in [5.41, 5.74) is 0.106. The van der Waals surface area contributed by atoms with Gasteiger partial charge < -0.3 is 19.0 Å². The third-order valence-corrected chi connectivity index (χ3v) is 5.44. The molecule has 1 unspecified atom stereocenters. The summed E-state index contributed by atoms with van der Waals surface area (Å²) >= 11 is 12.5. The topological polar surface area (TPSA) is 57.7 Å². The van der Waals surface area contributed by atoms with Crippen molar-refractivity contribution in [2.24, 2.45) is 0 Å². The highest BCUT2D eigenvalue weighted by Crippen LogP contribution is 2.46. The Kier molecular flexibility index (Phi) is 7.71. The molecule has 0 bridgehead atoms. The van der Waals surface area contributed by atoms with E-state index in [1.807, 2.05) is 0 Å². The Balaban J connectivity index is 2.09. The zero-order valence-electron chi connectivity index (χ0n) is 17.5. The predicted octanol–water partition coefficient (Wildman–Crippen LogP) is 6.33. The van der Waals surface area contributed by atoms with E-state index in [-0.39, 0.29) is 33.7 Å². The van der Waals surface area contributed by atoms with Crippen LogP contribution in [0.15, 0.2) is 48.8 Å². The lowest BCUT2D eigenvalue weighted by molar-refractivity contribution is -0.137. The molecule has 33 heavy (non-hydrogen) atoms. The molecule has 1 aromatic heterocycles. The Labute approximate surface area is 198 Å². The van der Waals surface area contributed by atoms with Gasteiger partial charge in [-0.2, -0.15) is 13.2 Å². The van der Waals surface area contributed by atoms with Crippen molar-refractivity contribution >= 4 is 29.5 Å². The minimum absolute atomic E-state index is 0.107. The average molecular weight is 500 g/mol. The molecule has 0 fully saturated rings. The van der Waals surface area contributed by atoms with Crippen LogP contribution in [-0.2, 0) is 17.6 Å². The molecule has 3 rings (SSSR count). The lowest BCUT2D eigenvalue weighted by Gasteiger charge is -2.22. The van der Waals surface area contributed by atoms with Crippen molar-refractivity contribution in [2.45, 2.75) is 18.7 Å². The number of ether oxygens (including phenoxy) is 3. The number of pyridine rings is 1. The van der Waals surface area contributed by atoms with Crippen molar-refractivity contribution in [1.29, 1.82) is 0 Å². The van der Waals surface area contributed by atoms with Gasteiger partial charge in [-0.15, -0.1) is 0 Å². The lowest BCUT2D eigenvalue weighted by atomic mass is 9.92. The van der Waals surface area contributed by atoms with Crippen LogP contribution in [0, 0.1) is 0 Å². The minimum atomic E-state index is -4.49. The van der Waals surface area contributed by atoms with E-state index in [0.717, 1.165) is 12.1 Å². The van der Waals surface area contributed by atoms with Crippen molar-refractivity contribution in [3.63, 3.8) is 0 Å². The average Bonchev–Trinajstić information content (AvgIpc) is 2.79. The molecule has 3 aromatic rings. The molecule has 174 valence electrons. The number of methoxy groups -OCH3 is 2. The van der Waals surface area contributed by atoms with Crippen LogP contribution < -0.4 is 14.2 Å². The summed E-state index contributed by atoms with van der Waals surface area (Å²) in [6.45, 7) is -0.232. The Morgan fingerprint density at radius 3 is 2.30 bits per heavy atom. The molecule has 0 N–H and O–H groups in total. The second-order valence-electron chi connectivity index (χ2n) is 6.84. The highest BCUT2D eigenvalue weighted by Gasteiger charge is 2.31. The van der Waals surface area contributed by atoms with E-state index < -0.39 is 17.7 Å². The first kappa shape index (κ1) is 24.7. The summed E-state index contributed by atoms with van der Waals surface area (Å²) in [5.74, 6) is -0.397. The van der Waals surface area contributed by atoms with Gasteiger partial charge in [0.2, 0.25) is 5.75 Å². The Morgan fingerprint density at radius 1 is 1.03 bits per heavy atom. The maximum Gasteiger partial charge on any atom is 0.416 e. The number of hydrogen-bond donors (Lipinski definition) is 0. The van der Waals surface area contributed by atoms with Crippen LogP contribution in [0.5, 0.6) is 17.2 Å². The zero-order valence-corrected chi connectivity index (χ0v) is 19.0. The van der Waals surface area contributed by atoms with Crippen LogP contribution >= 0.6 is 23.2 Å². The SMILES string of the molecule is COc1ccc(C(C=O)c2c(Cl)cncc2Cl)c(OCc2cccc(C(F)(F)F)c2)c1OC. The number of alkyl halides is 3. The van der Waals surface area contributed by atoms with Crippen molar-refractivity contribution < 1.29 is 32.2 Å². The fourth-order valence-corrected chi connectivity index (χ4v) is 3.92. The maximum absolute atomic E-state index is 13.1. The summed E-state index contributed by atoms with van der Waals surface area (Å²) in [7, 11) is 2.79. The molecule has 0 radical (unpaired) electrons. The van der Waals surface area contributed by atoms with E-state index in [4.69, 9.17) is 37.4 Å². The third kappa shape index (κ3) is 5.34. The number of rotatable bonds is 8. The van der Waals surface area contributed by atoms with Crippen LogP contribution in [0.1, 0.15) is 28.2 Å². The van der Waals surface area contributed by atoms with Crippen LogP contribution in [-0.4, -0.2) is 25.5 Å². The quantitative estimate of drug-likeness (QED) is 0.338. The van der Waals surface area contributed by atoms with Crippen molar-refractivity contribution in [2.75, 3.05) is 14.2 Å². The van der Waals surface area contributed by atoms with Crippen molar-refractivity contribution in [3.05, 3.63) is 81.1 Å². The number of carbonyl (C=O) groups excluding carboxylic acids is 1. The van der Waals surface area contributed by atoms with Gasteiger partial charge in [0.25, 0.3) is 0 Å². The number of aromatic nitrogens is 1. The van der Waals surface area contributed by atoms with Crippen LogP contribution in [0.25, 0.3) is 0 Å². The molecule has 0 saturated heterocycles. The van der Waals surface area contributed by atoms with Crippen LogP contribution in [0.3, 0.4) is 0 Å². The molecule has 2 aromatic carbocycles.